The van der Waals surface area contributed by atoms with E-state index in [1.54, 1.807) is 0 Å². The van der Waals surface area contributed by atoms with Crippen LogP contribution in [0.1, 0.15) is 10.4 Å². The first-order valence-electron chi connectivity index (χ1n) is 5.22. The lowest BCUT2D eigenvalue weighted by Crippen LogP contribution is -2.14. The van der Waals surface area contributed by atoms with Gasteiger partial charge in [-0.25, -0.2) is 23.2 Å². The molecule has 0 unspecified atom stereocenters. The van der Waals surface area contributed by atoms with Gasteiger partial charge in [-0.3, -0.25) is 0 Å². The number of hydrogen-bond acceptors (Lipinski definition) is 4. The van der Waals surface area contributed by atoms with E-state index in [0.717, 1.165) is 12.1 Å². The van der Waals surface area contributed by atoms with Crippen molar-refractivity contribution in [1.29, 1.82) is 0 Å². The third kappa shape index (κ3) is 3.34. The zero-order valence-corrected chi connectivity index (χ0v) is 11.1. The van der Waals surface area contributed by atoms with E-state index < -0.39 is 23.2 Å². The number of hydrogen-bond donors (Lipinski definition) is 0. The molecule has 0 radical (unpaired) electrons. The smallest absolute Gasteiger partial charge is 0.344 e. The van der Waals surface area contributed by atoms with Crippen molar-refractivity contribution in [3.8, 4) is 0 Å². The molecule has 0 aliphatic carbocycles. The predicted octanol–water partition coefficient (Wildman–Crippen LogP) is 2.18. The second kappa shape index (κ2) is 5.87. The molecule has 1 heterocycles. The summed E-state index contributed by atoms with van der Waals surface area (Å²) in [6, 6.07) is 1.99. The van der Waals surface area contributed by atoms with Gasteiger partial charge in [0.2, 0.25) is 0 Å². The summed E-state index contributed by atoms with van der Waals surface area (Å²) < 4.78 is 33.3. The van der Waals surface area contributed by atoms with E-state index in [4.69, 9.17) is 4.74 Å². The van der Waals surface area contributed by atoms with Crippen LogP contribution in [0.2, 0.25) is 0 Å². The Morgan fingerprint density at radius 2 is 2.05 bits per heavy atom. The topological polar surface area (TPSA) is 57.0 Å². The second-order valence-corrected chi connectivity index (χ2v) is 4.45. The van der Waals surface area contributed by atoms with Crippen LogP contribution in [0.25, 0.3) is 0 Å². The molecule has 0 fully saturated rings. The van der Waals surface area contributed by atoms with E-state index in [0.29, 0.717) is 0 Å². The summed E-state index contributed by atoms with van der Waals surface area (Å²) in [6.07, 6.45) is 2.77. The van der Waals surface area contributed by atoms with E-state index in [9.17, 15) is 13.6 Å². The van der Waals surface area contributed by atoms with Crippen LogP contribution in [0.5, 0.6) is 0 Å². The highest BCUT2D eigenvalue weighted by atomic mass is 79.9. The molecule has 0 aliphatic heterocycles. The van der Waals surface area contributed by atoms with Crippen molar-refractivity contribution in [2.24, 2.45) is 0 Å². The summed E-state index contributed by atoms with van der Waals surface area (Å²) in [5.41, 5.74) is -0.707. The zero-order chi connectivity index (χ0) is 13.8. The number of benzene rings is 1. The molecule has 19 heavy (non-hydrogen) atoms. The van der Waals surface area contributed by atoms with Gasteiger partial charge in [0.1, 0.15) is 36.5 Å². The van der Waals surface area contributed by atoms with Crippen molar-refractivity contribution in [2.75, 3.05) is 6.61 Å². The lowest BCUT2D eigenvalue weighted by atomic mass is 10.2. The molecule has 0 N–H and O–H groups in total. The summed E-state index contributed by atoms with van der Waals surface area (Å²) in [4.78, 5) is 15.3. The molecule has 0 atom stereocenters. The minimum Gasteiger partial charge on any atom is -0.460 e. The maximum Gasteiger partial charge on any atom is 0.344 e. The van der Waals surface area contributed by atoms with Crippen LogP contribution in [0.15, 0.2) is 29.3 Å². The van der Waals surface area contributed by atoms with Crippen molar-refractivity contribution in [2.45, 2.75) is 6.54 Å². The summed E-state index contributed by atoms with van der Waals surface area (Å²) >= 11 is 2.92. The first-order chi connectivity index (χ1) is 9.08. The Morgan fingerprint density at radius 1 is 1.37 bits per heavy atom. The Morgan fingerprint density at radius 3 is 2.63 bits per heavy atom. The highest BCUT2D eigenvalue weighted by molar-refractivity contribution is 9.10. The summed E-state index contributed by atoms with van der Waals surface area (Å²) in [6.45, 7) is 0.197. The van der Waals surface area contributed by atoms with Gasteiger partial charge in [0.05, 0.1) is 6.54 Å². The molecule has 0 saturated heterocycles. The molecule has 5 nitrogen and oxygen atoms in total. The molecule has 0 saturated carbocycles. The van der Waals surface area contributed by atoms with Crippen molar-refractivity contribution in [3.63, 3.8) is 0 Å². The summed E-state index contributed by atoms with van der Waals surface area (Å²) in [7, 11) is 0. The van der Waals surface area contributed by atoms with Gasteiger partial charge in [-0.2, -0.15) is 5.10 Å². The van der Waals surface area contributed by atoms with Crippen LogP contribution in [-0.2, 0) is 11.3 Å². The lowest BCUT2D eigenvalue weighted by molar-refractivity contribution is 0.0476. The first kappa shape index (κ1) is 13.6. The zero-order valence-electron chi connectivity index (χ0n) is 9.52. The Kier molecular flexibility index (Phi) is 4.20. The Hall–Kier alpha value is -1.83. The number of esters is 1. The van der Waals surface area contributed by atoms with Crippen molar-refractivity contribution >= 4 is 21.9 Å². The molecule has 2 rings (SSSR count). The molecule has 2 aromatic rings. The number of carbonyl (C=O) groups excluding carboxylic acids is 1. The molecule has 8 heteroatoms. The van der Waals surface area contributed by atoms with Crippen molar-refractivity contribution in [3.05, 3.63) is 46.5 Å². The van der Waals surface area contributed by atoms with Gasteiger partial charge in [-0.15, -0.1) is 0 Å². The average molecular weight is 332 g/mol. The SMILES string of the molecule is O=C(OCCn1cncn1)c1c(F)cc(Br)cc1F. The molecule has 0 amide bonds. The monoisotopic (exact) mass is 331 g/mol. The van der Waals surface area contributed by atoms with Gasteiger partial charge >= 0.3 is 5.97 Å². The molecule has 1 aromatic carbocycles. The summed E-state index contributed by atoms with van der Waals surface area (Å²) in [5, 5.41) is 3.79. The molecule has 1 aromatic heterocycles. The Bertz CT molecular complexity index is 567. The Balaban J connectivity index is 2.00. The molecular weight excluding hydrogens is 324 g/mol. The van der Waals surface area contributed by atoms with Crippen LogP contribution >= 0.6 is 15.9 Å². The Labute approximate surface area is 115 Å². The fraction of sp³-hybridized carbons (Fsp3) is 0.182. The van der Waals surface area contributed by atoms with Gasteiger partial charge in [-0.05, 0) is 12.1 Å². The average Bonchev–Trinajstić information content (AvgIpc) is 2.80. The van der Waals surface area contributed by atoms with E-state index in [1.165, 1.54) is 17.3 Å². The highest BCUT2D eigenvalue weighted by Crippen LogP contribution is 2.20. The maximum atomic E-state index is 13.5. The molecular formula is C11H8BrF2N3O2. The minimum absolute atomic E-state index is 0.0584. The standard InChI is InChI=1S/C11H8BrF2N3O2/c12-7-3-8(13)10(9(14)4-7)11(18)19-2-1-17-6-15-5-16-17/h3-6H,1-2H2. The number of halogens is 3. The molecule has 0 aliphatic rings. The number of aromatic nitrogens is 3. The van der Waals surface area contributed by atoms with E-state index in [2.05, 4.69) is 26.0 Å². The van der Waals surface area contributed by atoms with Crippen molar-refractivity contribution in [1.82, 2.24) is 14.8 Å². The highest BCUT2D eigenvalue weighted by Gasteiger charge is 2.19. The fourth-order valence-corrected chi connectivity index (χ4v) is 1.79. The predicted molar refractivity (Wildman–Crippen MR) is 64.4 cm³/mol. The third-order valence-corrected chi connectivity index (χ3v) is 2.69. The fourth-order valence-electron chi connectivity index (χ4n) is 1.39. The van der Waals surface area contributed by atoms with Crippen LogP contribution in [-0.4, -0.2) is 27.3 Å². The normalized spacial score (nSPS) is 10.5. The van der Waals surface area contributed by atoms with E-state index >= 15 is 0 Å². The molecule has 0 bridgehead atoms. The number of carbonyl (C=O) groups is 1. The second-order valence-electron chi connectivity index (χ2n) is 3.54. The minimum atomic E-state index is -1.05. The largest absolute Gasteiger partial charge is 0.460 e. The van der Waals surface area contributed by atoms with Gasteiger partial charge in [0, 0.05) is 4.47 Å². The number of nitrogens with zero attached hydrogens (tertiary/aromatic N) is 3. The number of ether oxygens (including phenoxy) is 1. The molecule has 100 valence electrons. The van der Waals surface area contributed by atoms with Gasteiger partial charge in [-0.1, -0.05) is 15.9 Å². The van der Waals surface area contributed by atoms with Gasteiger partial charge in [0.15, 0.2) is 0 Å². The van der Waals surface area contributed by atoms with Gasteiger partial charge < -0.3 is 4.74 Å². The van der Waals surface area contributed by atoms with Crippen molar-refractivity contribution < 1.29 is 18.3 Å². The summed E-state index contributed by atoms with van der Waals surface area (Å²) in [5.74, 6) is -3.00. The third-order valence-electron chi connectivity index (χ3n) is 2.23. The van der Waals surface area contributed by atoms with Crippen LogP contribution in [0, 0.1) is 11.6 Å². The lowest BCUT2D eigenvalue weighted by Gasteiger charge is -2.07. The maximum absolute atomic E-state index is 13.5. The van der Waals surface area contributed by atoms with Crippen LogP contribution < -0.4 is 0 Å². The van der Waals surface area contributed by atoms with Crippen LogP contribution in [0.4, 0.5) is 8.78 Å². The van der Waals surface area contributed by atoms with Gasteiger partial charge in [0.25, 0.3) is 0 Å². The quantitative estimate of drug-likeness (QED) is 0.806. The molecule has 0 spiro atoms. The van der Waals surface area contributed by atoms with Crippen LogP contribution in [0.3, 0.4) is 0 Å². The van der Waals surface area contributed by atoms with E-state index in [1.807, 2.05) is 0 Å². The first-order valence-corrected chi connectivity index (χ1v) is 6.01. The number of rotatable bonds is 4. The van der Waals surface area contributed by atoms with E-state index in [-0.39, 0.29) is 17.6 Å².